The molecule has 0 saturated heterocycles. The van der Waals surface area contributed by atoms with Gasteiger partial charge in [-0.1, -0.05) is 6.07 Å². The van der Waals surface area contributed by atoms with E-state index in [0.717, 1.165) is 53.0 Å². The maximum absolute atomic E-state index is 12.7. The minimum atomic E-state index is -0.115. The smallest absolute Gasteiger partial charge is 0.255 e. The van der Waals surface area contributed by atoms with Gasteiger partial charge in [0.25, 0.3) is 5.91 Å². The molecule has 122 valence electrons. The third-order valence-corrected chi connectivity index (χ3v) is 4.75. The van der Waals surface area contributed by atoms with Crippen LogP contribution in [0, 0.1) is 13.8 Å². The number of amides is 2. The molecule has 2 aliphatic heterocycles. The Morgan fingerprint density at radius 1 is 1.04 bits per heavy atom. The van der Waals surface area contributed by atoms with Crippen LogP contribution in [0.4, 0.5) is 11.4 Å². The van der Waals surface area contributed by atoms with E-state index in [2.05, 4.69) is 11.4 Å². The number of nitrogens with zero attached hydrogens (tertiary/aromatic N) is 1. The molecule has 4 nitrogen and oxygen atoms in total. The summed E-state index contributed by atoms with van der Waals surface area (Å²) in [5.74, 6) is 0.0355. The molecule has 0 aliphatic carbocycles. The van der Waals surface area contributed by atoms with E-state index in [4.69, 9.17) is 0 Å². The van der Waals surface area contributed by atoms with Crippen molar-refractivity contribution >= 4 is 23.2 Å². The van der Waals surface area contributed by atoms with Crippen LogP contribution < -0.4 is 10.2 Å². The zero-order valence-corrected chi connectivity index (χ0v) is 14.0. The highest BCUT2D eigenvalue weighted by atomic mass is 16.2. The molecule has 24 heavy (non-hydrogen) atoms. The van der Waals surface area contributed by atoms with Gasteiger partial charge in [0.05, 0.1) is 12.1 Å². The number of anilines is 2. The highest BCUT2D eigenvalue weighted by molar-refractivity contribution is 6.08. The second-order valence-corrected chi connectivity index (χ2v) is 6.80. The van der Waals surface area contributed by atoms with Crippen LogP contribution in [-0.4, -0.2) is 18.4 Å². The van der Waals surface area contributed by atoms with Gasteiger partial charge in [-0.05, 0) is 73.2 Å². The number of aryl methyl sites for hydroxylation is 3. The van der Waals surface area contributed by atoms with E-state index in [1.54, 1.807) is 0 Å². The van der Waals surface area contributed by atoms with E-state index in [1.165, 1.54) is 0 Å². The van der Waals surface area contributed by atoms with Crippen LogP contribution >= 0.6 is 0 Å². The molecule has 0 unspecified atom stereocenters. The first kappa shape index (κ1) is 14.9. The van der Waals surface area contributed by atoms with Gasteiger partial charge in [-0.15, -0.1) is 0 Å². The van der Waals surface area contributed by atoms with Crippen LogP contribution in [0.2, 0.25) is 0 Å². The molecular weight excluding hydrogens is 300 g/mol. The summed E-state index contributed by atoms with van der Waals surface area (Å²) < 4.78 is 0. The van der Waals surface area contributed by atoms with E-state index in [-0.39, 0.29) is 11.8 Å². The lowest BCUT2D eigenvalue weighted by molar-refractivity contribution is -0.117. The molecule has 1 N–H and O–H groups in total. The van der Waals surface area contributed by atoms with Crippen molar-refractivity contribution < 1.29 is 9.59 Å². The fourth-order valence-electron chi connectivity index (χ4n) is 3.86. The standard InChI is InChI=1S/C20H20N2O2/c1-12-6-13(2)8-17(7-12)21-20(24)16-9-14-4-3-5-22-18(23)11-15(10-16)19(14)22/h6-10H,3-5,11H2,1-2H3,(H,21,24). The Bertz CT molecular complexity index is 850. The molecule has 0 bridgehead atoms. The largest absolute Gasteiger partial charge is 0.322 e. The predicted octanol–water partition coefficient (Wildman–Crippen LogP) is 3.39. The molecule has 0 saturated carbocycles. The molecule has 0 spiro atoms. The molecule has 2 amide bonds. The summed E-state index contributed by atoms with van der Waals surface area (Å²) in [6.45, 7) is 4.83. The van der Waals surface area contributed by atoms with Crippen LogP contribution in [0.15, 0.2) is 30.3 Å². The Hall–Kier alpha value is -2.62. The van der Waals surface area contributed by atoms with Crippen molar-refractivity contribution in [2.45, 2.75) is 33.1 Å². The average molecular weight is 320 g/mol. The summed E-state index contributed by atoms with van der Waals surface area (Å²) in [5, 5.41) is 2.99. The summed E-state index contributed by atoms with van der Waals surface area (Å²) in [5.41, 5.74) is 6.85. The van der Waals surface area contributed by atoms with Gasteiger partial charge in [0.2, 0.25) is 5.91 Å². The number of rotatable bonds is 2. The molecular formula is C20H20N2O2. The van der Waals surface area contributed by atoms with Crippen LogP contribution in [0.25, 0.3) is 0 Å². The Balaban J connectivity index is 1.67. The highest BCUT2D eigenvalue weighted by Gasteiger charge is 2.32. The van der Waals surface area contributed by atoms with Crippen molar-refractivity contribution in [3.8, 4) is 0 Å². The van der Waals surface area contributed by atoms with Gasteiger partial charge in [0.1, 0.15) is 0 Å². The molecule has 2 heterocycles. The minimum Gasteiger partial charge on any atom is -0.322 e. The van der Waals surface area contributed by atoms with Gasteiger partial charge in [0.15, 0.2) is 0 Å². The first-order valence-electron chi connectivity index (χ1n) is 8.37. The summed E-state index contributed by atoms with van der Waals surface area (Å²) in [6.07, 6.45) is 2.30. The zero-order valence-electron chi connectivity index (χ0n) is 14.0. The SMILES string of the molecule is Cc1cc(C)cc(NC(=O)c2cc3c4c(c2)CC(=O)N4CCC3)c1. The molecule has 0 fully saturated rings. The molecule has 0 atom stereocenters. The number of carbonyl (C=O) groups excluding carboxylic acids is 2. The second-order valence-electron chi connectivity index (χ2n) is 6.80. The van der Waals surface area contributed by atoms with Gasteiger partial charge >= 0.3 is 0 Å². The molecule has 0 radical (unpaired) electrons. The maximum atomic E-state index is 12.7. The van der Waals surface area contributed by atoms with Gasteiger partial charge in [-0.2, -0.15) is 0 Å². The fourth-order valence-corrected chi connectivity index (χ4v) is 3.86. The van der Waals surface area contributed by atoms with Crippen molar-refractivity contribution in [3.63, 3.8) is 0 Å². The Labute approximate surface area is 141 Å². The number of benzene rings is 2. The van der Waals surface area contributed by atoms with Gasteiger partial charge < -0.3 is 10.2 Å². The molecule has 2 aromatic rings. The van der Waals surface area contributed by atoms with Gasteiger partial charge in [-0.3, -0.25) is 9.59 Å². The third kappa shape index (κ3) is 2.48. The van der Waals surface area contributed by atoms with E-state index >= 15 is 0 Å². The van der Waals surface area contributed by atoms with E-state index in [1.807, 2.05) is 43.0 Å². The van der Waals surface area contributed by atoms with Crippen LogP contribution in [0.5, 0.6) is 0 Å². The summed E-state index contributed by atoms with van der Waals surface area (Å²) in [4.78, 5) is 26.7. The van der Waals surface area contributed by atoms with Crippen LogP contribution in [0.3, 0.4) is 0 Å². The number of hydrogen-bond donors (Lipinski definition) is 1. The topological polar surface area (TPSA) is 49.4 Å². The first-order chi connectivity index (χ1) is 11.5. The number of carbonyl (C=O) groups is 2. The van der Waals surface area contributed by atoms with Crippen molar-refractivity contribution in [1.82, 2.24) is 0 Å². The lowest BCUT2D eigenvalue weighted by Gasteiger charge is -2.25. The van der Waals surface area contributed by atoms with Crippen molar-refractivity contribution in [2.75, 3.05) is 16.8 Å². The highest BCUT2D eigenvalue weighted by Crippen LogP contribution is 2.37. The van der Waals surface area contributed by atoms with E-state index in [0.29, 0.717) is 12.0 Å². The average Bonchev–Trinajstić information content (AvgIpc) is 2.84. The Kier molecular flexibility index (Phi) is 3.41. The maximum Gasteiger partial charge on any atom is 0.255 e. The lowest BCUT2D eigenvalue weighted by atomic mass is 9.96. The van der Waals surface area contributed by atoms with Crippen LogP contribution in [0.1, 0.15) is 39.0 Å². The Morgan fingerprint density at radius 3 is 2.50 bits per heavy atom. The Morgan fingerprint density at radius 2 is 1.75 bits per heavy atom. The number of hydrogen-bond acceptors (Lipinski definition) is 2. The quantitative estimate of drug-likeness (QED) is 0.922. The monoisotopic (exact) mass is 320 g/mol. The summed E-state index contributed by atoms with van der Waals surface area (Å²) >= 11 is 0. The molecule has 0 aromatic heterocycles. The van der Waals surface area contributed by atoms with E-state index in [9.17, 15) is 9.59 Å². The summed E-state index contributed by atoms with van der Waals surface area (Å²) in [7, 11) is 0. The van der Waals surface area contributed by atoms with E-state index < -0.39 is 0 Å². The minimum absolute atomic E-state index is 0.115. The second kappa shape index (κ2) is 5.48. The molecule has 4 heteroatoms. The molecule has 2 aliphatic rings. The third-order valence-electron chi connectivity index (χ3n) is 4.75. The predicted molar refractivity (Wildman–Crippen MR) is 94.7 cm³/mol. The van der Waals surface area contributed by atoms with Crippen molar-refractivity contribution in [2.24, 2.45) is 0 Å². The van der Waals surface area contributed by atoms with Crippen molar-refractivity contribution in [1.29, 1.82) is 0 Å². The van der Waals surface area contributed by atoms with Gasteiger partial charge in [0, 0.05) is 17.8 Å². The zero-order chi connectivity index (χ0) is 16.8. The first-order valence-corrected chi connectivity index (χ1v) is 8.37. The van der Waals surface area contributed by atoms with Crippen LogP contribution in [-0.2, 0) is 17.6 Å². The summed E-state index contributed by atoms with van der Waals surface area (Å²) in [6, 6.07) is 9.83. The normalized spacial score (nSPS) is 15.4. The number of nitrogens with one attached hydrogen (secondary N) is 1. The van der Waals surface area contributed by atoms with Crippen molar-refractivity contribution in [3.05, 3.63) is 58.1 Å². The molecule has 4 rings (SSSR count). The van der Waals surface area contributed by atoms with Gasteiger partial charge in [-0.25, -0.2) is 0 Å². The molecule has 2 aromatic carbocycles. The fraction of sp³-hybridized carbons (Fsp3) is 0.300. The lowest BCUT2D eigenvalue weighted by Crippen LogP contribution is -2.31.